The average Bonchev–Trinajstić information content (AvgIpc) is 2.44. The van der Waals surface area contributed by atoms with Gasteiger partial charge in [0.05, 0.1) is 13.5 Å². The van der Waals surface area contributed by atoms with Gasteiger partial charge in [-0.15, -0.1) is 0 Å². The monoisotopic (exact) mass is 280 g/mol. The van der Waals surface area contributed by atoms with Gasteiger partial charge in [-0.05, 0) is 24.1 Å². The number of aliphatic carboxylic acids is 1. The van der Waals surface area contributed by atoms with Crippen molar-refractivity contribution in [2.24, 2.45) is 0 Å². The zero-order chi connectivity index (χ0) is 15.0. The van der Waals surface area contributed by atoms with Gasteiger partial charge in [0.2, 0.25) is 0 Å². The maximum atomic E-state index is 11.7. The number of rotatable bonds is 7. The zero-order valence-electron chi connectivity index (χ0n) is 11.7. The van der Waals surface area contributed by atoms with Crippen LogP contribution in [0.25, 0.3) is 0 Å². The molecule has 20 heavy (non-hydrogen) atoms. The first-order chi connectivity index (χ1) is 9.55. The number of amides is 2. The third-order valence-electron chi connectivity index (χ3n) is 2.86. The number of nitrogens with one attached hydrogen (secondary N) is 2. The SMILES string of the molecule is CCC(CC(=O)O)NC(=O)NCc1ccc(OC)cc1. The summed E-state index contributed by atoms with van der Waals surface area (Å²) in [7, 11) is 1.59. The third-order valence-corrected chi connectivity index (χ3v) is 2.86. The van der Waals surface area contributed by atoms with E-state index < -0.39 is 5.97 Å². The molecule has 0 fully saturated rings. The van der Waals surface area contributed by atoms with Crippen molar-refractivity contribution < 1.29 is 19.4 Å². The fraction of sp³-hybridized carbons (Fsp3) is 0.429. The smallest absolute Gasteiger partial charge is 0.315 e. The summed E-state index contributed by atoms with van der Waals surface area (Å²) in [6.45, 7) is 2.21. The molecule has 0 aliphatic heterocycles. The van der Waals surface area contributed by atoms with Crippen molar-refractivity contribution >= 4 is 12.0 Å². The number of carbonyl (C=O) groups is 2. The Morgan fingerprint density at radius 2 is 1.95 bits per heavy atom. The Hall–Kier alpha value is -2.24. The minimum Gasteiger partial charge on any atom is -0.497 e. The maximum Gasteiger partial charge on any atom is 0.315 e. The van der Waals surface area contributed by atoms with Crippen molar-refractivity contribution in [2.75, 3.05) is 7.11 Å². The Balaban J connectivity index is 2.39. The van der Waals surface area contributed by atoms with E-state index in [0.29, 0.717) is 13.0 Å². The first-order valence-electron chi connectivity index (χ1n) is 6.44. The number of benzene rings is 1. The lowest BCUT2D eigenvalue weighted by molar-refractivity contribution is -0.137. The van der Waals surface area contributed by atoms with Gasteiger partial charge in [-0.1, -0.05) is 19.1 Å². The molecular formula is C14H20N2O4. The Morgan fingerprint density at radius 3 is 2.45 bits per heavy atom. The van der Waals surface area contributed by atoms with Crippen LogP contribution in [0.1, 0.15) is 25.3 Å². The van der Waals surface area contributed by atoms with E-state index in [2.05, 4.69) is 10.6 Å². The van der Waals surface area contributed by atoms with Gasteiger partial charge >= 0.3 is 12.0 Å². The zero-order valence-corrected chi connectivity index (χ0v) is 11.7. The normalized spacial score (nSPS) is 11.5. The van der Waals surface area contributed by atoms with Gasteiger partial charge in [0.25, 0.3) is 0 Å². The van der Waals surface area contributed by atoms with Gasteiger partial charge in [0.1, 0.15) is 5.75 Å². The highest BCUT2D eigenvalue weighted by Crippen LogP contribution is 2.10. The Labute approximate surface area is 118 Å². The Morgan fingerprint density at radius 1 is 1.30 bits per heavy atom. The van der Waals surface area contributed by atoms with Crippen molar-refractivity contribution in [3.05, 3.63) is 29.8 Å². The molecule has 0 aliphatic carbocycles. The van der Waals surface area contributed by atoms with Crippen LogP contribution >= 0.6 is 0 Å². The number of carbonyl (C=O) groups excluding carboxylic acids is 1. The fourth-order valence-corrected chi connectivity index (χ4v) is 1.67. The van der Waals surface area contributed by atoms with E-state index in [4.69, 9.17) is 9.84 Å². The molecule has 0 spiro atoms. The van der Waals surface area contributed by atoms with Crippen molar-refractivity contribution in [1.29, 1.82) is 0 Å². The highest BCUT2D eigenvalue weighted by molar-refractivity contribution is 5.75. The molecule has 0 saturated carbocycles. The summed E-state index contributed by atoms with van der Waals surface area (Å²) in [4.78, 5) is 22.3. The molecule has 6 heteroatoms. The number of carboxylic acids is 1. The third kappa shape index (κ3) is 5.60. The summed E-state index contributed by atoms with van der Waals surface area (Å²) in [6, 6.07) is 6.61. The van der Waals surface area contributed by atoms with Gasteiger partial charge < -0.3 is 20.5 Å². The maximum absolute atomic E-state index is 11.7. The molecule has 1 rings (SSSR count). The predicted octanol–water partition coefficient (Wildman–Crippen LogP) is 1.75. The average molecular weight is 280 g/mol. The van der Waals surface area contributed by atoms with Gasteiger partial charge in [0.15, 0.2) is 0 Å². The summed E-state index contributed by atoms with van der Waals surface area (Å²) in [5, 5.41) is 14.0. The standard InChI is InChI=1S/C14H20N2O4/c1-3-11(8-13(17)18)16-14(19)15-9-10-4-6-12(20-2)7-5-10/h4-7,11H,3,8-9H2,1-2H3,(H,17,18)(H2,15,16,19). The molecule has 1 atom stereocenters. The van der Waals surface area contributed by atoms with E-state index in [1.54, 1.807) is 7.11 Å². The molecule has 1 aromatic rings. The molecule has 110 valence electrons. The van der Waals surface area contributed by atoms with Gasteiger partial charge in [-0.3, -0.25) is 4.79 Å². The van der Waals surface area contributed by atoms with Crippen LogP contribution in [0.15, 0.2) is 24.3 Å². The highest BCUT2D eigenvalue weighted by Gasteiger charge is 2.13. The lowest BCUT2D eigenvalue weighted by Gasteiger charge is -2.15. The van der Waals surface area contributed by atoms with E-state index in [1.807, 2.05) is 31.2 Å². The van der Waals surface area contributed by atoms with Gasteiger partial charge in [0, 0.05) is 12.6 Å². The summed E-state index contributed by atoms with van der Waals surface area (Å²) in [6.07, 6.45) is 0.495. The van der Waals surface area contributed by atoms with E-state index >= 15 is 0 Å². The van der Waals surface area contributed by atoms with Gasteiger partial charge in [-0.25, -0.2) is 4.79 Å². The van der Waals surface area contributed by atoms with Crippen LogP contribution in [0.5, 0.6) is 5.75 Å². The molecule has 3 N–H and O–H groups in total. The quantitative estimate of drug-likeness (QED) is 0.710. The fourth-order valence-electron chi connectivity index (χ4n) is 1.67. The van der Waals surface area contributed by atoms with Crippen LogP contribution in [0.4, 0.5) is 4.79 Å². The highest BCUT2D eigenvalue weighted by atomic mass is 16.5. The van der Waals surface area contributed by atoms with Crippen molar-refractivity contribution in [3.8, 4) is 5.75 Å². The molecule has 0 bridgehead atoms. The molecule has 0 aromatic heterocycles. The molecule has 1 aromatic carbocycles. The molecule has 0 saturated heterocycles. The number of hydrogen-bond acceptors (Lipinski definition) is 3. The van der Waals surface area contributed by atoms with Crippen LogP contribution in [0, 0.1) is 0 Å². The topological polar surface area (TPSA) is 87.7 Å². The van der Waals surface area contributed by atoms with Crippen LogP contribution in [0.2, 0.25) is 0 Å². The largest absolute Gasteiger partial charge is 0.497 e. The number of hydrogen-bond donors (Lipinski definition) is 3. The molecule has 0 radical (unpaired) electrons. The van der Waals surface area contributed by atoms with Crippen LogP contribution in [-0.4, -0.2) is 30.3 Å². The number of methoxy groups -OCH3 is 1. The first-order valence-corrected chi connectivity index (χ1v) is 6.44. The van der Waals surface area contributed by atoms with Crippen molar-refractivity contribution in [1.82, 2.24) is 10.6 Å². The number of carboxylic acid groups (broad SMARTS) is 1. The lowest BCUT2D eigenvalue weighted by Crippen LogP contribution is -2.42. The van der Waals surface area contributed by atoms with E-state index in [1.165, 1.54) is 0 Å². The second kappa shape index (κ2) is 8.04. The van der Waals surface area contributed by atoms with E-state index in [-0.39, 0.29) is 18.5 Å². The van der Waals surface area contributed by atoms with Crippen LogP contribution in [0.3, 0.4) is 0 Å². The van der Waals surface area contributed by atoms with E-state index in [0.717, 1.165) is 11.3 Å². The molecule has 6 nitrogen and oxygen atoms in total. The number of ether oxygens (including phenoxy) is 1. The molecule has 2 amide bonds. The number of urea groups is 1. The minimum atomic E-state index is -0.924. The lowest BCUT2D eigenvalue weighted by atomic mass is 10.1. The molecule has 0 heterocycles. The van der Waals surface area contributed by atoms with Crippen LogP contribution < -0.4 is 15.4 Å². The second-order valence-corrected chi connectivity index (χ2v) is 4.38. The Kier molecular flexibility index (Phi) is 6.36. The van der Waals surface area contributed by atoms with E-state index in [9.17, 15) is 9.59 Å². The Bertz CT molecular complexity index is 445. The van der Waals surface area contributed by atoms with Crippen LogP contribution in [-0.2, 0) is 11.3 Å². The summed E-state index contributed by atoms with van der Waals surface area (Å²) in [5.41, 5.74) is 0.937. The predicted molar refractivity (Wildman–Crippen MR) is 74.7 cm³/mol. The molecular weight excluding hydrogens is 260 g/mol. The summed E-state index contributed by atoms with van der Waals surface area (Å²) in [5.74, 6) is -0.169. The second-order valence-electron chi connectivity index (χ2n) is 4.38. The molecule has 1 unspecified atom stereocenters. The summed E-state index contributed by atoms with van der Waals surface area (Å²) < 4.78 is 5.04. The first kappa shape index (κ1) is 15.8. The van der Waals surface area contributed by atoms with Crippen molar-refractivity contribution in [2.45, 2.75) is 32.4 Å². The molecule has 0 aliphatic rings. The summed E-state index contributed by atoms with van der Waals surface area (Å²) >= 11 is 0. The van der Waals surface area contributed by atoms with Crippen molar-refractivity contribution in [3.63, 3.8) is 0 Å². The van der Waals surface area contributed by atoms with Gasteiger partial charge in [-0.2, -0.15) is 0 Å². The minimum absolute atomic E-state index is 0.0769.